The second-order valence-corrected chi connectivity index (χ2v) is 4.91. The van der Waals surface area contributed by atoms with Crippen molar-refractivity contribution in [3.8, 4) is 11.5 Å². The number of nitrogens with zero attached hydrogens (tertiary/aromatic N) is 1. The topological polar surface area (TPSA) is 73.6 Å². The Hall–Kier alpha value is -2.21. The summed E-state index contributed by atoms with van der Waals surface area (Å²) in [4.78, 5) is 11.9. The normalized spacial score (nSPS) is 13.0. The lowest BCUT2D eigenvalue weighted by atomic mass is 10.2. The van der Waals surface area contributed by atoms with E-state index in [9.17, 15) is 4.79 Å². The summed E-state index contributed by atoms with van der Waals surface area (Å²) < 4.78 is 15.8. The number of amides is 1. The van der Waals surface area contributed by atoms with E-state index in [2.05, 4.69) is 10.5 Å². The molecule has 1 aliphatic heterocycles. The first-order valence-electron chi connectivity index (χ1n) is 6.51. The zero-order valence-corrected chi connectivity index (χ0v) is 11.9. The Balaban J connectivity index is 1.57. The Bertz CT molecular complexity index is 656. The van der Waals surface area contributed by atoms with Gasteiger partial charge in [0, 0.05) is 30.7 Å². The van der Waals surface area contributed by atoms with Crippen molar-refractivity contribution in [2.75, 3.05) is 18.5 Å². The lowest BCUT2D eigenvalue weighted by Crippen LogP contribution is -2.16. The van der Waals surface area contributed by atoms with Crippen LogP contribution >= 0.6 is 11.6 Å². The first-order chi connectivity index (χ1) is 10.2. The Morgan fingerprint density at radius 3 is 2.81 bits per heavy atom. The van der Waals surface area contributed by atoms with Gasteiger partial charge in [-0.15, -0.1) is 0 Å². The average Bonchev–Trinajstić information content (AvgIpc) is 2.91. The number of aryl methyl sites for hydroxylation is 1. The van der Waals surface area contributed by atoms with Crippen LogP contribution in [-0.2, 0) is 11.2 Å². The number of hydrogen-bond acceptors (Lipinski definition) is 5. The van der Waals surface area contributed by atoms with Crippen LogP contribution in [0.1, 0.15) is 12.2 Å². The molecule has 0 saturated carbocycles. The number of hydrogen-bond donors (Lipinski definition) is 1. The van der Waals surface area contributed by atoms with Gasteiger partial charge in [0.15, 0.2) is 16.7 Å². The van der Waals surface area contributed by atoms with Gasteiger partial charge in [-0.1, -0.05) is 16.8 Å². The maximum atomic E-state index is 11.9. The van der Waals surface area contributed by atoms with E-state index in [4.69, 9.17) is 25.6 Å². The molecule has 1 aromatic heterocycles. The number of carbonyl (C=O) groups excluding carboxylic acids is 1. The smallest absolute Gasteiger partial charge is 0.224 e. The lowest BCUT2D eigenvalue weighted by molar-refractivity contribution is -0.116. The molecule has 1 amide bonds. The van der Waals surface area contributed by atoms with Gasteiger partial charge in [0.05, 0.1) is 0 Å². The van der Waals surface area contributed by atoms with E-state index in [0.717, 1.165) is 0 Å². The van der Waals surface area contributed by atoms with Crippen LogP contribution in [-0.4, -0.2) is 24.3 Å². The maximum Gasteiger partial charge on any atom is 0.224 e. The van der Waals surface area contributed by atoms with Gasteiger partial charge >= 0.3 is 0 Å². The van der Waals surface area contributed by atoms with Crippen LogP contribution in [0.4, 0.5) is 5.69 Å². The molecule has 7 heteroatoms. The number of rotatable bonds is 4. The molecule has 1 N–H and O–H groups in total. The van der Waals surface area contributed by atoms with Crippen LogP contribution in [0.5, 0.6) is 11.5 Å². The van der Waals surface area contributed by atoms with Crippen LogP contribution in [0.25, 0.3) is 0 Å². The van der Waals surface area contributed by atoms with Crippen molar-refractivity contribution >= 4 is 23.2 Å². The minimum absolute atomic E-state index is 0.126. The molecule has 0 atom stereocenters. The summed E-state index contributed by atoms with van der Waals surface area (Å²) in [6.07, 6.45) is 0.718. The second kappa shape index (κ2) is 6.05. The van der Waals surface area contributed by atoms with E-state index < -0.39 is 0 Å². The van der Waals surface area contributed by atoms with Gasteiger partial charge in [0.1, 0.15) is 19.0 Å². The lowest BCUT2D eigenvalue weighted by Gasteiger charge is -2.18. The highest BCUT2D eigenvalue weighted by Gasteiger charge is 2.13. The highest BCUT2D eigenvalue weighted by molar-refractivity contribution is 6.29. The van der Waals surface area contributed by atoms with Crippen molar-refractivity contribution in [3.63, 3.8) is 0 Å². The summed E-state index contributed by atoms with van der Waals surface area (Å²) in [6.45, 7) is 1.05. The molecule has 3 rings (SSSR count). The Morgan fingerprint density at radius 2 is 2.05 bits per heavy atom. The predicted molar refractivity (Wildman–Crippen MR) is 75.9 cm³/mol. The zero-order chi connectivity index (χ0) is 14.7. The van der Waals surface area contributed by atoms with E-state index in [1.54, 1.807) is 24.3 Å². The molecule has 1 aromatic carbocycles. The third-order valence-electron chi connectivity index (χ3n) is 2.95. The molecule has 0 bridgehead atoms. The molecular weight excluding hydrogens is 296 g/mol. The fourth-order valence-corrected chi connectivity index (χ4v) is 2.14. The third kappa shape index (κ3) is 3.46. The molecule has 0 fully saturated rings. The minimum atomic E-state index is -0.126. The summed E-state index contributed by atoms with van der Waals surface area (Å²) >= 11 is 5.64. The Labute approximate surface area is 126 Å². The SMILES string of the molecule is O=C(CCc1cc(Cl)no1)Nc1ccc2c(c1)OCCO2. The molecule has 0 spiro atoms. The molecule has 0 radical (unpaired) electrons. The van der Waals surface area contributed by atoms with Crippen molar-refractivity contribution in [2.45, 2.75) is 12.8 Å². The first-order valence-corrected chi connectivity index (χ1v) is 6.89. The van der Waals surface area contributed by atoms with Crippen LogP contribution in [0.2, 0.25) is 5.15 Å². The number of benzene rings is 1. The largest absolute Gasteiger partial charge is 0.486 e. The summed E-state index contributed by atoms with van der Waals surface area (Å²) in [6, 6.07) is 6.90. The minimum Gasteiger partial charge on any atom is -0.486 e. The molecule has 1 aliphatic rings. The fraction of sp³-hybridized carbons (Fsp3) is 0.286. The van der Waals surface area contributed by atoms with Crippen molar-refractivity contribution in [1.82, 2.24) is 5.16 Å². The first kappa shape index (κ1) is 13.8. The number of nitrogens with one attached hydrogen (secondary N) is 1. The summed E-state index contributed by atoms with van der Waals surface area (Å²) in [5, 5.41) is 6.64. The number of aromatic nitrogens is 1. The Morgan fingerprint density at radius 1 is 1.24 bits per heavy atom. The highest BCUT2D eigenvalue weighted by atomic mass is 35.5. The number of ether oxygens (including phenoxy) is 2. The second-order valence-electron chi connectivity index (χ2n) is 4.52. The van der Waals surface area contributed by atoms with E-state index in [-0.39, 0.29) is 17.5 Å². The van der Waals surface area contributed by atoms with E-state index >= 15 is 0 Å². The molecule has 0 saturated heterocycles. The fourth-order valence-electron chi connectivity index (χ4n) is 1.99. The summed E-state index contributed by atoms with van der Waals surface area (Å²) in [7, 11) is 0. The summed E-state index contributed by atoms with van der Waals surface area (Å²) in [5.41, 5.74) is 0.667. The Kier molecular flexibility index (Phi) is 3.96. The van der Waals surface area contributed by atoms with Crippen molar-refractivity contribution in [3.05, 3.63) is 35.2 Å². The van der Waals surface area contributed by atoms with Gasteiger partial charge in [0.2, 0.25) is 5.91 Å². The van der Waals surface area contributed by atoms with E-state index in [0.29, 0.717) is 42.6 Å². The van der Waals surface area contributed by atoms with Crippen LogP contribution in [0.3, 0.4) is 0 Å². The van der Waals surface area contributed by atoms with Crippen molar-refractivity contribution in [1.29, 1.82) is 0 Å². The number of fused-ring (bicyclic) bond motifs is 1. The van der Waals surface area contributed by atoms with Gasteiger partial charge in [-0.3, -0.25) is 4.79 Å². The van der Waals surface area contributed by atoms with Crippen LogP contribution in [0.15, 0.2) is 28.8 Å². The van der Waals surface area contributed by atoms with Crippen LogP contribution in [0, 0.1) is 0 Å². The van der Waals surface area contributed by atoms with Crippen molar-refractivity contribution in [2.24, 2.45) is 0 Å². The monoisotopic (exact) mass is 308 g/mol. The molecule has 0 unspecified atom stereocenters. The molecule has 2 heterocycles. The van der Waals surface area contributed by atoms with Gasteiger partial charge < -0.3 is 19.3 Å². The number of anilines is 1. The third-order valence-corrected chi connectivity index (χ3v) is 3.13. The van der Waals surface area contributed by atoms with Gasteiger partial charge in [-0.25, -0.2) is 0 Å². The molecule has 21 heavy (non-hydrogen) atoms. The van der Waals surface area contributed by atoms with Gasteiger partial charge in [-0.2, -0.15) is 0 Å². The average molecular weight is 309 g/mol. The van der Waals surface area contributed by atoms with Gasteiger partial charge in [-0.05, 0) is 12.1 Å². The van der Waals surface area contributed by atoms with Gasteiger partial charge in [0.25, 0.3) is 0 Å². The summed E-state index contributed by atoms with van der Waals surface area (Å²) in [5.74, 6) is 1.79. The number of carbonyl (C=O) groups is 1. The molecule has 110 valence electrons. The maximum absolute atomic E-state index is 11.9. The quantitative estimate of drug-likeness (QED) is 0.940. The molecular formula is C14H13ClN2O4. The highest BCUT2D eigenvalue weighted by Crippen LogP contribution is 2.32. The van der Waals surface area contributed by atoms with E-state index in [1.807, 2.05) is 0 Å². The van der Waals surface area contributed by atoms with E-state index in [1.165, 1.54) is 0 Å². The van der Waals surface area contributed by atoms with Crippen LogP contribution < -0.4 is 14.8 Å². The number of halogens is 1. The predicted octanol–water partition coefficient (Wildman–Crippen LogP) is 2.67. The zero-order valence-electron chi connectivity index (χ0n) is 11.1. The van der Waals surface area contributed by atoms with Crippen molar-refractivity contribution < 1.29 is 18.8 Å². The molecule has 6 nitrogen and oxygen atoms in total. The molecule has 2 aromatic rings. The standard InChI is InChI=1S/C14H13ClN2O4/c15-13-8-10(21-17-13)2-4-14(18)16-9-1-3-11-12(7-9)20-6-5-19-11/h1,3,7-8H,2,4-6H2,(H,16,18). The molecule has 0 aliphatic carbocycles.